The normalized spacial score (nSPS) is 23.5. The van der Waals surface area contributed by atoms with E-state index in [1.165, 1.54) is 23.5 Å². The number of nitrogens with one attached hydrogen (secondary N) is 1. The average molecular weight is 297 g/mol. The smallest absolute Gasteiger partial charge is 0.142 e. The molecule has 19 heavy (non-hydrogen) atoms. The van der Waals surface area contributed by atoms with Crippen LogP contribution in [0.4, 0.5) is 0 Å². The molecule has 0 bridgehead atoms. The first-order valence-corrected chi connectivity index (χ1v) is 9.19. The Labute approximate surface area is 124 Å². The van der Waals surface area contributed by atoms with Gasteiger partial charge in [0.25, 0.3) is 0 Å². The summed E-state index contributed by atoms with van der Waals surface area (Å²) in [5, 5.41) is 4.52. The molecule has 2 atom stereocenters. The standard InChI is InChI=1S/C14H23N3S2/c1-3-5-15-8-11-9-16-14(17-10-11)13-12(4-2)18-6-7-19-13/h9-10,12-13,15H,3-8H2,1-2H3. The topological polar surface area (TPSA) is 37.8 Å². The molecule has 1 aliphatic rings. The zero-order chi connectivity index (χ0) is 13.5. The molecule has 106 valence electrons. The molecule has 2 unspecified atom stereocenters. The van der Waals surface area contributed by atoms with Gasteiger partial charge in [0, 0.05) is 41.3 Å². The van der Waals surface area contributed by atoms with Crippen LogP contribution in [0, 0.1) is 0 Å². The van der Waals surface area contributed by atoms with Gasteiger partial charge in [-0.25, -0.2) is 9.97 Å². The molecule has 5 heteroatoms. The monoisotopic (exact) mass is 297 g/mol. The molecule has 0 spiro atoms. The van der Waals surface area contributed by atoms with Gasteiger partial charge in [-0.1, -0.05) is 13.8 Å². The summed E-state index contributed by atoms with van der Waals surface area (Å²) in [4.78, 5) is 9.19. The van der Waals surface area contributed by atoms with E-state index in [-0.39, 0.29) is 0 Å². The van der Waals surface area contributed by atoms with Gasteiger partial charge in [-0.05, 0) is 19.4 Å². The van der Waals surface area contributed by atoms with Crippen LogP contribution in [0.2, 0.25) is 0 Å². The molecular weight excluding hydrogens is 274 g/mol. The Morgan fingerprint density at radius 3 is 2.63 bits per heavy atom. The highest BCUT2D eigenvalue weighted by atomic mass is 32.2. The van der Waals surface area contributed by atoms with Gasteiger partial charge < -0.3 is 5.32 Å². The highest BCUT2D eigenvalue weighted by Crippen LogP contribution is 2.42. The first-order valence-electron chi connectivity index (χ1n) is 7.09. The molecule has 0 radical (unpaired) electrons. The molecule has 3 nitrogen and oxygen atoms in total. The minimum absolute atomic E-state index is 0.474. The van der Waals surface area contributed by atoms with Crippen molar-refractivity contribution in [3.63, 3.8) is 0 Å². The van der Waals surface area contributed by atoms with Crippen molar-refractivity contribution in [3.8, 4) is 0 Å². The van der Waals surface area contributed by atoms with Crippen molar-refractivity contribution in [3.05, 3.63) is 23.8 Å². The van der Waals surface area contributed by atoms with Crippen molar-refractivity contribution in [2.45, 2.75) is 43.7 Å². The molecule has 2 heterocycles. The third-order valence-corrected chi connectivity index (χ3v) is 6.43. The van der Waals surface area contributed by atoms with Crippen LogP contribution in [0.5, 0.6) is 0 Å². The Hall–Kier alpha value is -0.260. The maximum absolute atomic E-state index is 4.59. The van der Waals surface area contributed by atoms with E-state index in [0.717, 1.165) is 25.3 Å². The quantitative estimate of drug-likeness (QED) is 0.816. The van der Waals surface area contributed by atoms with Gasteiger partial charge in [0.1, 0.15) is 5.82 Å². The minimum atomic E-state index is 0.474. The summed E-state index contributed by atoms with van der Waals surface area (Å²) in [6.45, 7) is 6.36. The fraction of sp³-hybridized carbons (Fsp3) is 0.714. The van der Waals surface area contributed by atoms with Crippen LogP contribution in [0.25, 0.3) is 0 Å². The van der Waals surface area contributed by atoms with Crippen molar-refractivity contribution in [1.29, 1.82) is 0 Å². The van der Waals surface area contributed by atoms with Gasteiger partial charge in [0.05, 0.1) is 5.25 Å². The van der Waals surface area contributed by atoms with E-state index in [4.69, 9.17) is 0 Å². The molecule has 0 aliphatic carbocycles. The Kier molecular flexibility index (Phi) is 6.47. The summed E-state index contributed by atoms with van der Waals surface area (Å²) in [5.74, 6) is 3.50. The largest absolute Gasteiger partial charge is 0.313 e. The molecule has 1 N–H and O–H groups in total. The predicted octanol–water partition coefficient (Wildman–Crippen LogP) is 3.28. The molecule has 1 saturated heterocycles. The summed E-state index contributed by atoms with van der Waals surface area (Å²) in [6.07, 6.45) is 6.33. The maximum Gasteiger partial charge on any atom is 0.142 e. The van der Waals surface area contributed by atoms with Gasteiger partial charge in [-0.15, -0.1) is 11.8 Å². The lowest BCUT2D eigenvalue weighted by Crippen LogP contribution is -2.21. The molecule has 1 fully saturated rings. The van der Waals surface area contributed by atoms with Gasteiger partial charge in [-0.3, -0.25) is 0 Å². The summed E-state index contributed by atoms with van der Waals surface area (Å²) in [5.41, 5.74) is 1.18. The van der Waals surface area contributed by atoms with Crippen LogP contribution in [0.15, 0.2) is 12.4 Å². The van der Waals surface area contributed by atoms with Crippen LogP contribution >= 0.6 is 23.5 Å². The second-order valence-electron chi connectivity index (χ2n) is 4.74. The van der Waals surface area contributed by atoms with Gasteiger partial charge in [0.2, 0.25) is 0 Å². The molecule has 1 aliphatic heterocycles. The first kappa shape index (κ1) is 15.1. The molecule has 0 amide bonds. The van der Waals surface area contributed by atoms with Crippen LogP contribution in [-0.2, 0) is 6.54 Å². The van der Waals surface area contributed by atoms with E-state index in [1.54, 1.807) is 0 Å². The number of hydrogen-bond donors (Lipinski definition) is 1. The highest BCUT2D eigenvalue weighted by Gasteiger charge is 2.28. The first-order chi connectivity index (χ1) is 9.35. The fourth-order valence-corrected chi connectivity index (χ4v) is 5.16. The number of thioether (sulfide) groups is 2. The number of hydrogen-bond acceptors (Lipinski definition) is 5. The Morgan fingerprint density at radius 1 is 1.21 bits per heavy atom. The zero-order valence-corrected chi connectivity index (χ0v) is 13.4. The Morgan fingerprint density at radius 2 is 1.95 bits per heavy atom. The molecule has 0 aromatic carbocycles. The summed E-state index contributed by atoms with van der Waals surface area (Å²) < 4.78 is 0. The fourth-order valence-electron chi connectivity index (χ4n) is 2.15. The number of nitrogens with zero attached hydrogens (tertiary/aromatic N) is 2. The lowest BCUT2D eigenvalue weighted by molar-refractivity contribution is 0.668. The van der Waals surface area contributed by atoms with E-state index < -0.39 is 0 Å². The second-order valence-corrected chi connectivity index (χ2v) is 7.33. The van der Waals surface area contributed by atoms with Crippen molar-refractivity contribution >= 4 is 23.5 Å². The van der Waals surface area contributed by atoms with E-state index in [9.17, 15) is 0 Å². The van der Waals surface area contributed by atoms with E-state index in [1.807, 2.05) is 24.2 Å². The zero-order valence-electron chi connectivity index (χ0n) is 11.8. The summed E-state index contributed by atoms with van der Waals surface area (Å²) in [6, 6.07) is 0. The average Bonchev–Trinajstić information content (AvgIpc) is 2.48. The Balaban J connectivity index is 1.96. The van der Waals surface area contributed by atoms with Crippen LogP contribution in [0.3, 0.4) is 0 Å². The van der Waals surface area contributed by atoms with E-state index >= 15 is 0 Å². The molecular formula is C14H23N3S2. The second kappa shape index (κ2) is 8.12. The summed E-state index contributed by atoms with van der Waals surface area (Å²) in [7, 11) is 0. The Bertz CT molecular complexity index is 369. The molecule has 1 aromatic rings. The molecule has 1 aromatic heterocycles. The van der Waals surface area contributed by atoms with Crippen LogP contribution in [-0.4, -0.2) is 33.3 Å². The third kappa shape index (κ3) is 4.36. The van der Waals surface area contributed by atoms with Gasteiger partial charge in [-0.2, -0.15) is 11.8 Å². The number of aromatic nitrogens is 2. The van der Waals surface area contributed by atoms with E-state index in [2.05, 4.69) is 40.9 Å². The van der Waals surface area contributed by atoms with Crippen molar-refractivity contribution < 1.29 is 0 Å². The van der Waals surface area contributed by atoms with Crippen LogP contribution < -0.4 is 5.32 Å². The summed E-state index contributed by atoms with van der Waals surface area (Å²) >= 11 is 4.09. The lowest BCUT2D eigenvalue weighted by atomic mass is 10.2. The third-order valence-electron chi connectivity index (χ3n) is 3.19. The van der Waals surface area contributed by atoms with Gasteiger partial charge >= 0.3 is 0 Å². The number of rotatable bonds is 6. The van der Waals surface area contributed by atoms with Crippen LogP contribution in [0.1, 0.15) is 43.3 Å². The molecule has 2 rings (SSSR count). The van der Waals surface area contributed by atoms with Crippen molar-refractivity contribution in [2.75, 3.05) is 18.1 Å². The van der Waals surface area contributed by atoms with Crippen molar-refractivity contribution in [2.24, 2.45) is 0 Å². The highest BCUT2D eigenvalue weighted by molar-refractivity contribution is 8.06. The minimum Gasteiger partial charge on any atom is -0.313 e. The van der Waals surface area contributed by atoms with Gasteiger partial charge in [0.15, 0.2) is 0 Å². The SMILES string of the molecule is CCCNCc1cnc(C2SCCSC2CC)nc1. The lowest BCUT2D eigenvalue weighted by Gasteiger charge is -2.28. The molecule has 0 saturated carbocycles. The predicted molar refractivity (Wildman–Crippen MR) is 85.8 cm³/mol. The maximum atomic E-state index is 4.59. The van der Waals surface area contributed by atoms with Crippen molar-refractivity contribution in [1.82, 2.24) is 15.3 Å². The van der Waals surface area contributed by atoms with E-state index in [0.29, 0.717) is 10.5 Å².